The summed E-state index contributed by atoms with van der Waals surface area (Å²) in [6, 6.07) is 19.1. The number of hydrogen-bond donors (Lipinski definition) is 0. The van der Waals surface area contributed by atoms with E-state index in [4.69, 9.17) is 13.9 Å². The van der Waals surface area contributed by atoms with Gasteiger partial charge in [-0.25, -0.2) is 14.6 Å². The van der Waals surface area contributed by atoms with Crippen LogP contribution in [0.3, 0.4) is 0 Å². The van der Waals surface area contributed by atoms with Gasteiger partial charge in [-0.3, -0.25) is 9.36 Å². The van der Waals surface area contributed by atoms with Gasteiger partial charge in [0.1, 0.15) is 11.5 Å². The second kappa shape index (κ2) is 10.5. The van der Waals surface area contributed by atoms with E-state index in [1.165, 1.54) is 18.4 Å². The van der Waals surface area contributed by atoms with Crippen LogP contribution in [-0.4, -0.2) is 30.2 Å². The van der Waals surface area contributed by atoms with Crippen LogP contribution in [0.5, 0.6) is 0 Å². The lowest BCUT2D eigenvalue weighted by Crippen LogP contribution is -2.39. The van der Waals surface area contributed by atoms with Crippen molar-refractivity contribution in [2.24, 2.45) is 4.99 Å². The highest BCUT2D eigenvalue weighted by atomic mass is 32.1. The van der Waals surface area contributed by atoms with Crippen LogP contribution in [0.1, 0.15) is 41.6 Å². The number of allylic oxidation sites excluding steroid dienone is 1. The van der Waals surface area contributed by atoms with E-state index in [1.807, 2.05) is 30.3 Å². The number of hydrogen-bond acceptors (Lipinski definition) is 8. The molecule has 0 radical (unpaired) electrons. The summed E-state index contributed by atoms with van der Waals surface area (Å²) >= 11 is 1.23. The van der Waals surface area contributed by atoms with Gasteiger partial charge in [0.05, 0.1) is 41.1 Å². The molecule has 0 fully saturated rings. The first-order valence-corrected chi connectivity index (χ1v) is 12.8. The molecule has 192 valence electrons. The standard InChI is InChI=1S/C29H24N2O6S/c1-4-36-28(34)24-17(2)30-29-31(25(24)19-8-6-5-7-9-19)26(32)23(38-29)16-21-14-15-22(37-21)18-10-12-20(13-11-18)27(33)35-3/h5-16,25H,4H2,1-3H3/b23-16-. The molecule has 4 aromatic rings. The molecular weight excluding hydrogens is 504 g/mol. The third-order valence-electron chi connectivity index (χ3n) is 6.12. The highest BCUT2D eigenvalue weighted by Gasteiger charge is 2.33. The average molecular weight is 529 g/mol. The summed E-state index contributed by atoms with van der Waals surface area (Å²) < 4.78 is 18.0. The largest absolute Gasteiger partial charge is 0.465 e. The Morgan fingerprint density at radius 3 is 2.47 bits per heavy atom. The fourth-order valence-electron chi connectivity index (χ4n) is 4.35. The Morgan fingerprint density at radius 2 is 1.79 bits per heavy atom. The Labute approximate surface area is 221 Å². The molecule has 8 nitrogen and oxygen atoms in total. The van der Waals surface area contributed by atoms with Crippen LogP contribution >= 0.6 is 11.3 Å². The van der Waals surface area contributed by atoms with Crippen molar-refractivity contribution in [2.45, 2.75) is 19.9 Å². The zero-order valence-electron chi connectivity index (χ0n) is 21.0. The molecule has 0 bridgehead atoms. The molecule has 3 heterocycles. The minimum absolute atomic E-state index is 0.216. The van der Waals surface area contributed by atoms with E-state index < -0.39 is 18.0 Å². The summed E-state index contributed by atoms with van der Waals surface area (Å²) in [6.45, 7) is 3.71. The first-order chi connectivity index (χ1) is 18.4. The van der Waals surface area contributed by atoms with Gasteiger partial charge in [0.25, 0.3) is 5.56 Å². The molecule has 0 N–H and O–H groups in total. The number of carbonyl (C=O) groups is 2. The third-order valence-corrected chi connectivity index (χ3v) is 7.11. The summed E-state index contributed by atoms with van der Waals surface area (Å²) in [5.74, 6) is 0.163. The summed E-state index contributed by atoms with van der Waals surface area (Å²) in [4.78, 5) is 43.4. The number of ether oxygens (including phenoxy) is 2. The Balaban J connectivity index is 1.56. The third kappa shape index (κ3) is 4.64. The first kappa shape index (κ1) is 25.2. The number of carbonyl (C=O) groups excluding carboxylic acids is 2. The minimum atomic E-state index is -0.658. The topological polar surface area (TPSA) is 100 Å². The Bertz CT molecular complexity index is 1730. The second-order valence-electron chi connectivity index (χ2n) is 8.48. The van der Waals surface area contributed by atoms with E-state index >= 15 is 0 Å². The molecule has 1 aliphatic rings. The van der Waals surface area contributed by atoms with Crippen molar-refractivity contribution < 1.29 is 23.5 Å². The highest BCUT2D eigenvalue weighted by molar-refractivity contribution is 7.07. The van der Waals surface area contributed by atoms with Crippen molar-refractivity contribution >= 4 is 29.4 Å². The van der Waals surface area contributed by atoms with Gasteiger partial charge in [-0.15, -0.1) is 0 Å². The van der Waals surface area contributed by atoms with Crippen molar-refractivity contribution in [2.75, 3.05) is 13.7 Å². The number of esters is 2. The molecule has 2 aromatic heterocycles. The van der Waals surface area contributed by atoms with Gasteiger partial charge in [0.2, 0.25) is 0 Å². The van der Waals surface area contributed by atoms with Gasteiger partial charge in [-0.2, -0.15) is 0 Å². The first-order valence-electron chi connectivity index (χ1n) is 11.9. The quantitative estimate of drug-likeness (QED) is 0.353. The SMILES string of the molecule is CCOC(=O)C1=C(C)N=c2s/c(=C\c3ccc(-c4ccc(C(=O)OC)cc4)o3)c(=O)n2C1c1ccccc1. The van der Waals surface area contributed by atoms with Crippen LogP contribution in [0.15, 0.2) is 92.2 Å². The lowest BCUT2D eigenvalue weighted by molar-refractivity contribution is -0.139. The number of rotatable bonds is 6. The van der Waals surface area contributed by atoms with Crippen molar-refractivity contribution in [3.63, 3.8) is 0 Å². The molecule has 38 heavy (non-hydrogen) atoms. The van der Waals surface area contributed by atoms with Crippen molar-refractivity contribution in [1.82, 2.24) is 4.57 Å². The zero-order chi connectivity index (χ0) is 26.8. The molecule has 0 spiro atoms. The Hall–Kier alpha value is -4.50. The summed E-state index contributed by atoms with van der Waals surface area (Å²) in [7, 11) is 1.33. The van der Waals surface area contributed by atoms with Crippen LogP contribution in [0, 0.1) is 0 Å². The maximum Gasteiger partial charge on any atom is 0.338 e. The monoisotopic (exact) mass is 528 g/mol. The number of methoxy groups -OCH3 is 1. The highest BCUT2D eigenvalue weighted by Crippen LogP contribution is 2.30. The van der Waals surface area contributed by atoms with Gasteiger partial charge in [-0.05, 0) is 43.7 Å². The summed E-state index contributed by atoms with van der Waals surface area (Å²) in [5, 5.41) is 0. The summed E-state index contributed by atoms with van der Waals surface area (Å²) in [6.07, 6.45) is 1.67. The molecule has 1 unspecified atom stereocenters. The van der Waals surface area contributed by atoms with E-state index in [1.54, 1.807) is 60.9 Å². The van der Waals surface area contributed by atoms with Crippen LogP contribution in [-0.2, 0) is 14.3 Å². The number of furan rings is 1. The van der Waals surface area contributed by atoms with Crippen molar-refractivity contribution in [3.8, 4) is 11.3 Å². The lowest BCUT2D eigenvalue weighted by Gasteiger charge is -2.24. The van der Waals surface area contributed by atoms with E-state index in [0.717, 1.165) is 11.1 Å². The normalized spacial score (nSPS) is 15.1. The van der Waals surface area contributed by atoms with Gasteiger partial charge in [0.15, 0.2) is 4.80 Å². The Morgan fingerprint density at radius 1 is 1.05 bits per heavy atom. The fourth-order valence-corrected chi connectivity index (χ4v) is 5.37. The zero-order valence-corrected chi connectivity index (χ0v) is 21.8. The predicted octanol–water partition coefficient (Wildman–Crippen LogP) is 3.84. The maximum absolute atomic E-state index is 13.7. The van der Waals surface area contributed by atoms with Crippen LogP contribution in [0.2, 0.25) is 0 Å². The fraction of sp³-hybridized carbons (Fsp3) is 0.172. The molecule has 1 aliphatic heterocycles. The molecule has 2 aromatic carbocycles. The minimum Gasteiger partial charge on any atom is -0.465 e. The molecular formula is C29H24N2O6S. The van der Waals surface area contributed by atoms with Crippen LogP contribution < -0.4 is 14.9 Å². The average Bonchev–Trinajstić information content (AvgIpc) is 3.52. The predicted molar refractivity (Wildman–Crippen MR) is 142 cm³/mol. The van der Waals surface area contributed by atoms with Gasteiger partial charge < -0.3 is 13.9 Å². The molecule has 0 saturated heterocycles. The van der Waals surface area contributed by atoms with Gasteiger partial charge in [-0.1, -0.05) is 53.8 Å². The Kier molecular flexibility index (Phi) is 6.93. The number of nitrogens with zero attached hydrogens (tertiary/aromatic N) is 2. The van der Waals surface area contributed by atoms with Crippen LogP contribution in [0.4, 0.5) is 0 Å². The molecule has 9 heteroatoms. The molecule has 0 aliphatic carbocycles. The number of benzene rings is 2. The lowest BCUT2D eigenvalue weighted by atomic mass is 9.96. The van der Waals surface area contributed by atoms with Crippen LogP contribution in [0.25, 0.3) is 17.4 Å². The molecule has 0 amide bonds. The maximum atomic E-state index is 13.7. The molecule has 1 atom stereocenters. The number of aromatic nitrogens is 1. The molecule has 5 rings (SSSR count). The smallest absolute Gasteiger partial charge is 0.338 e. The van der Waals surface area contributed by atoms with E-state index in [0.29, 0.717) is 37.7 Å². The van der Waals surface area contributed by atoms with Crippen molar-refractivity contribution in [3.05, 3.63) is 115 Å². The number of fused-ring (bicyclic) bond motifs is 1. The number of thiazole rings is 1. The second-order valence-corrected chi connectivity index (χ2v) is 9.49. The van der Waals surface area contributed by atoms with E-state index in [9.17, 15) is 14.4 Å². The molecule has 0 saturated carbocycles. The van der Waals surface area contributed by atoms with Gasteiger partial charge >= 0.3 is 11.9 Å². The van der Waals surface area contributed by atoms with E-state index in [-0.39, 0.29) is 12.2 Å². The summed E-state index contributed by atoms with van der Waals surface area (Å²) in [5.41, 5.74) is 2.58. The van der Waals surface area contributed by atoms with Gasteiger partial charge in [0, 0.05) is 11.6 Å². The van der Waals surface area contributed by atoms with Crippen molar-refractivity contribution in [1.29, 1.82) is 0 Å². The van der Waals surface area contributed by atoms with E-state index in [2.05, 4.69) is 4.99 Å².